The highest BCUT2D eigenvalue weighted by Gasteiger charge is 2.41. The van der Waals surface area contributed by atoms with Gasteiger partial charge in [0.1, 0.15) is 0 Å². The van der Waals surface area contributed by atoms with Crippen molar-refractivity contribution in [2.24, 2.45) is 5.73 Å². The third kappa shape index (κ3) is 1.93. The fourth-order valence-electron chi connectivity index (χ4n) is 3.17. The van der Waals surface area contributed by atoms with E-state index < -0.39 is 5.41 Å². The first-order chi connectivity index (χ1) is 9.22. The van der Waals surface area contributed by atoms with Crippen LogP contribution < -0.4 is 5.73 Å². The topological polar surface area (TPSA) is 71.8 Å². The lowest BCUT2D eigenvalue weighted by Crippen LogP contribution is -2.45. The van der Waals surface area contributed by atoms with Crippen LogP contribution in [-0.4, -0.2) is 16.1 Å². The van der Waals surface area contributed by atoms with E-state index in [1.807, 2.05) is 24.4 Å². The van der Waals surface area contributed by atoms with Crippen molar-refractivity contribution in [2.75, 3.05) is 0 Å². The Balaban J connectivity index is 2.09. The number of fused-ring (bicyclic) bond motifs is 1. The van der Waals surface area contributed by atoms with Crippen molar-refractivity contribution in [1.82, 2.24) is 10.2 Å². The molecule has 1 unspecified atom stereocenters. The number of nitrogens with zero attached hydrogens (tertiary/aromatic N) is 1. The smallest absolute Gasteiger partial charge is 0.228 e. The fourth-order valence-corrected chi connectivity index (χ4v) is 3.17. The number of aromatic nitrogens is 2. The molecule has 0 fully saturated rings. The van der Waals surface area contributed by atoms with Gasteiger partial charge in [0.2, 0.25) is 5.91 Å². The zero-order chi connectivity index (χ0) is 13.3. The minimum atomic E-state index is -0.585. The predicted octanol–water partition coefficient (Wildman–Crippen LogP) is 1.71. The molecule has 0 saturated heterocycles. The van der Waals surface area contributed by atoms with Crippen LogP contribution in [0.25, 0.3) is 0 Å². The normalized spacial score (nSPS) is 21.9. The second-order valence-corrected chi connectivity index (χ2v) is 5.24. The number of carbonyl (C=O) groups is 1. The van der Waals surface area contributed by atoms with E-state index in [0.717, 1.165) is 30.4 Å². The Morgan fingerprint density at radius 3 is 3.00 bits per heavy atom. The highest BCUT2D eigenvalue weighted by Crippen LogP contribution is 2.39. The van der Waals surface area contributed by atoms with Gasteiger partial charge in [0.25, 0.3) is 0 Å². The molecule has 3 N–H and O–H groups in total. The molecule has 0 spiro atoms. The molecule has 19 heavy (non-hydrogen) atoms. The van der Waals surface area contributed by atoms with Gasteiger partial charge in [-0.2, -0.15) is 5.10 Å². The van der Waals surface area contributed by atoms with Crippen LogP contribution in [0, 0.1) is 0 Å². The monoisotopic (exact) mass is 255 g/mol. The maximum Gasteiger partial charge on any atom is 0.228 e. The van der Waals surface area contributed by atoms with Crippen molar-refractivity contribution in [2.45, 2.75) is 31.1 Å². The number of amides is 1. The summed E-state index contributed by atoms with van der Waals surface area (Å²) in [5, 5.41) is 6.75. The average Bonchev–Trinajstić information content (AvgIpc) is 2.91. The van der Waals surface area contributed by atoms with E-state index in [2.05, 4.69) is 16.3 Å². The van der Waals surface area contributed by atoms with Crippen LogP contribution in [0.3, 0.4) is 0 Å². The molecular weight excluding hydrogens is 238 g/mol. The number of aromatic amines is 1. The summed E-state index contributed by atoms with van der Waals surface area (Å²) in [6, 6.07) is 8.14. The number of aryl methyl sites for hydroxylation is 1. The number of benzene rings is 1. The van der Waals surface area contributed by atoms with Crippen LogP contribution in [0.15, 0.2) is 36.7 Å². The van der Waals surface area contributed by atoms with E-state index in [9.17, 15) is 4.79 Å². The first-order valence-corrected chi connectivity index (χ1v) is 6.58. The fraction of sp³-hybridized carbons (Fsp3) is 0.333. The molecule has 0 aliphatic heterocycles. The van der Waals surface area contributed by atoms with E-state index in [1.165, 1.54) is 5.56 Å². The van der Waals surface area contributed by atoms with Crippen molar-refractivity contribution in [3.63, 3.8) is 0 Å². The van der Waals surface area contributed by atoms with Crippen LogP contribution in [0.2, 0.25) is 0 Å². The summed E-state index contributed by atoms with van der Waals surface area (Å²) in [5.74, 6) is -0.235. The van der Waals surface area contributed by atoms with Crippen molar-refractivity contribution in [1.29, 1.82) is 0 Å². The molecule has 1 heterocycles. The molecule has 98 valence electrons. The molecule has 4 nitrogen and oxygen atoms in total. The minimum absolute atomic E-state index is 0.235. The largest absolute Gasteiger partial charge is 0.369 e. The summed E-state index contributed by atoms with van der Waals surface area (Å²) >= 11 is 0. The molecule has 1 aromatic heterocycles. The Bertz CT molecular complexity index is 591. The molecule has 4 heteroatoms. The summed E-state index contributed by atoms with van der Waals surface area (Å²) in [6.45, 7) is 0. The van der Waals surface area contributed by atoms with Crippen LogP contribution in [0.1, 0.15) is 29.5 Å². The average molecular weight is 255 g/mol. The molecule has 2 aromatic rings. The van der Waals surface area contributed by atoms with Gasteiger partial charge in [0.05, 0.1) is 11.6 Å². The summed E-state index contributed by atoms with van der Waals surface area (Å²) in [4.78, 5) is 12.2. The molecule has 0 bridgehead atoms. The van der Waals surface area contributed by atoms with E-state index in [4.69, 9.17) is 5.73 Å². The third-order valence-electron chi connectivity index (χ3n) is 4.12. The molecule has 1 amide bonds. The summed E-state index contributed by atoms with van der Waals surface area (Å²) in [7, 11) is 0. The van der Waals surface area contributed by atoms with Gasteiger partial charge in [-0.15, -0.1) is 0 Å². The van der Waals surface area contributed by atoms with Gasteiger partial charge in [-0.05, 0) is 42.4 Å². The van der Waals surface area contributed by atoms with Gasteiger partial charge in [-0.1, -0.05) is 24.3 Å². The lowest BCUT2D eigenvalue weighted by atomic mass is 9.66. The van der Waals surface area contributed by atoms with Crippen LogP contribution in [0.5, 0.6) is 0 Å². The van der Waals surface area contributed by atoms with Gasteiger partial charge in [0, 0.05) is 6.20 Å². The highest BCUT2D eigenvalue weighted by molar-refractivity contribution is 5.88. The van der Waals surface area contributed by atoms with Gasteiger partial charge in [-0.3, -0.25) is 9.89 Å². The van der Waals surface area contributed by atoms with Crippen molar-refractivity contribution in [3.8, 4) is 0 Å². The molecule has 0 saturated carbocycles. The zero-order valence-electron chi connectivity index (χ0n) is 10.7. The third-order valence-corrected chi connectivity index (χ3v) is 4.12. The lowest BCUT2D eigenvalue weighted by Gasteiger charge is -2.36. The Kier molecular flexibility index (Phi) is 2.85. The number of carbonyl (C=O) groups excluding carboxylic acids is 1. The SMILES string of the molecule is NC(=O)C1(Cc2cn[nH]c2)CCCc2ccccc21. The number of primary amides is 1. The Labute approximate surface area is 112 Å². The van der Waals surface area contributed by atoms with Gasteiger partial charge >= 0.3 is 0 Å². The number of rotatable bonds is 3. The van der Waals surface area contributed by atoms with Crippen LogP contribution >= 0.6 is 0 Å². The summed E-state index contributed by atoms with van der Waals surface area (Å²) in [6.07, 6.45) is 7.05. The Morgan fingerprint density at radius 2 is 2.26 bits per heavy atom. The number of hydrogen-bond acceptors (Lipinski definition) is 2. The van der Waals surface area contributed by atoms with Gasteiger partial charge < -0.3 is 5.73 Å². The number of H-pyrrole nitrogens is 1. The maximum absolute atomic E-state index is 12.2. The standard InChI is InChI=1S/C15H17N3O/c16-14(19)15(8-11-9-17-18-10-11)7-3-5-12-4-1-2-6-13(12)15/h1-2,4,6,9-10H,3,5,7-8H2,(H2,16,19)(H,17,18). The van der Waals surface area contributed by atoms with Gasteiger partial charge in [0.15, 0.2) is 0 Å². The number of hydrogen-bond donors (Lipinski definition) is 2. The van der Waals surface area contributed by atoms with Crippen LogP contribution in [0.4, 0.5) is 0 Å². The molecule has 1 atom stereocenters. The Hall–Kier alpha value is -2.10. The van der Waals surface area contributed by atoms with Crippen LogP contribution in [-0.2, 0) is 23.1 Å². The van der Waals surface area contributed by atoms with E-state index >= 15 is 0 Å². The van der Waals surface area contributed by atoms with E-state index in [-0.39, 0.29) is 5.91 Å². The van der Waals surface area contributed by atoms with Crippen molar-refractivity contribution < 1.29 is 4.79 Å². The first-order valence-electron chi connectivity index (χ1n) is 6.58. The lowest BCUT2D eigenvalue weighted by molar-refractivity contribution is -0.124. The predicted molar refractivity (Wildman–Crippen MR) is 72.5 cm³/mol. The molecule has 1 aliphatic rings. The van der Waals surface area contributed by atoms with E-state index in [1.54, 1.807) is 6.20 Å². The molecule has 0 radical (unpaired) electrons. The van der Waals surface area contributed by atoms with E-state index in [0.29, 0.717) is 6.42 Å². The zero-order valence-corrected chi connectivity index (χ0v) is 10.7. The second-order valence-electron chi connectivity index (χ2n) is 5.24. The van der Waals surface area contributed by atoms with Crippen molar-refractivity contribution in [3.05, 3.63) is 53.3 Å². The quantitative estimate of drug-likeness (QED) is 0.876. The highest BCUT2D eigenvalue weighted by atomic mass is 16.1. The molecule has 1 aliphatic carbocycles. The number of nitrogens with two attached hydrogens (primary N) is 1. The maximum atomic E-state index is 12.2. The first kappa shape index (κ1) is 12.0. The molecule has 1 aromatic carbocycles. The molecular formula is C15H17N3O. The molecule has 3 rings (SSSR count). The van der Waals surface area contributed by atoms with Crippen molar-refractivity contribution >= 4 is 5.91 Å². The van der Waals surface area contributed by atoms with Gasteiger partial charge in [-0.25, -0.2) is 0 Å². The Morgan fingerprint density at radius 1 is 1.42 bits per heavy atom. The number of nitrogens with one attached hydrogen (secondary N) is 1. The second kappa shape index (κ2) is 4.53. The minimum Gasteiger partial charge on any atom is -0.369 e. The summed E-state index contributed by atoms with van der Waals surface area (Å²) in [5.41, 5.74) is 8.54. The summed E-state index contributed by atoms with van der Waals surface area (Å²) < 4.78 is 0.